The standard InChI is InChI=1S/C56H95NO12SSi/c1-7-8-9-10-11-12-13-20-31-40-48(67-52(60)41-32-21-16-14-18-25-34-46-36-27-23-28-37-46)43-51(59)57-49(44-66-71(5)6)54(55(69-70(62,63)64)50(58)45-65-56(2,3)4)68-53(61)42-33-22-17-15-19-26-35-47-38-29-24-30-39-47/h23-24,27-30,36-39,48-50,54-55,58,71H,7-22,25-26,31-35,40-45H2,1-6H3,(H,57,59)(H,62,63,64)/t48?,49-,50+,54+,55+/m0/s1. The maximum atomic E-state index is 14.2. The number of rotatable bonds is 43. The fourth-order valence-electron chi connectivity index (χ4n) is 8.52. The second-order valence-electron chi connectivity index (χ2n) is 20.6. The number of ether oxygens (including phenoxy) is 3. The fraction of sp³-hybridized carbons (Fsp3) is 0.732. The van der Waals surface area contributed by atoms with E-state index in [1.165, 1.54) is 43.2 Å². The molecule has 13 nitrogen and oxygen atoms in total. The summed E-state index contributed by atoms with van der Waals surface area (Å²) in [5.41, 5.74) is 1.89. The number of carbonyl (C=O) groups is 3. The van der Waals surface area contributed by atoms with Crippen molar-refractivity contribution in [1.29, 1.82) is 0 Å². The molecule has 0 saturated heterocycles. The van der Waals surface area contributed by atoms with E-state index in [0.29, 0.717) is 19.3 Å². The lowest BCUT2D eigenvalue weighted by Crippen LogP contribution is -2.58. The first-order valence-corrected chi connectivity index (χ1v) is 31.5. The molecule has 0 radical (unpaired) electrons. The zero-order chi connectivity index (χ0) is 52.2. The number of unbranched alkanes of at least 4 members (excludes halogenated alkanes) is 18. The lowest BCUT2D eigenvalue weighted by molar-refractivity contribution is -0.168. The molecule has 0 heterocycles. The molecule has 5 atom stereocenters. The minimum absolute atomic E-state index is 0.0147. The van der Waals surface area contributed by atoms with Crippen LogP contribution in [0, 0.1) is 0 Å². The van der Waals surface area contributed by atoms with Gasteiger partial charge < -0.3 is 29.1 Å². The van der Waals surface area contributed by atoms with Gasteiger partial charge in [-0.2, -0.15) is 8.42 Å². The first-order chi connectivity index (χ1) is 34.0. The van der Waals surface area contributed by atoms with E-state index in [1.54, 1.807) is 20.8 Å². The molecule has 0 spiro atoms. The molecule has 0 fully saturated rings. The summed E-state index contributed by atoms with van der Waals surface area (Å²) >= 11 is 0. The van der Waals surface area contributed by atoms with Crippen molar-refractivity contribution in [1.82, 2.24) is 5.32 Å². The first kappa shape index (κ1) is 63.9. The Morgan fingerprint density at radius 3 is 1.54 bits per heavy atom. The van der Waals surface area contributed by atoms with Crippen LogP contribution in [-0.4, -0.2) is 94.2 Å². The Bertz CT molecular complexity index is 1780. The van der Waals surface area contributed by atoms with Crippen LogP contribution < -0.4 is 5.32 Å². The van der Waals surface area contributed by atoms with Gasteiger partial charge >= 0.3 is 22.3 Å². The smallest absolute Gasteiger partial charge is 0.397 e. The van der Waals surface area contributed by atoms with Gasteiger partial charge in [-0.05, 0) is 96.4 Å². The Morgan fingerprint density at radius 2 is 1.07 bits per heavy atom. The van der Waals surface area contributed by atoms with Crippen molar-refractivity contribution in [3.8, 4) is 0 Å². The van der Waals surface area contributed by atoms with Gasteiger partial charge in [0.2, 0.25) is 5.91 Å². The van der Waals surface area contributed by atoms with Crippen LogP contribution in [0.4, 0.5) is 0 Å². The van der Waals surface area contributed by atoms with Crippen molar-refractivity contribution < 1.29 is 55.3 Å². The van der Waals surface area contributed by atoms with Gasteiger partial charge in [0.05, 0.1) is 31.3 Å². The number of esters is 2. The van der Waals surface area contributed by atoms with Gasteiger partial charge in [0.1, 0.15) is 18.3 Å². The topological polar surface area (TPSA) is 184 Å². The highest BCUT2D eigenvalue weighted by atomic mass is 32.3. The molecule has 0 saturated carbocycles. The zero-order valence-corrected chi connectivity index (χ0v) is 46.6. The molecule has 0 bridgehead atoms. The van der Waals surface area contributed by atoms with Crippen LogP contribution in [0.2, 0.25) is 13.1 Å². The molecule has 71 heavy (non-hydrogen) atoms. The summed E-state index contributed by atoms with van der Waals surface area (Å²) in [5, 5.41) is 14.4. The lowest BCUT2D eigenvalue weighted by Gasteiger charge is -2.36. The highest BCUT2D eigenvalue weighted by molar-refractivity contribution is 7.80. The monoisotopic (exact) mass is 1030 g/mol. The fourth-order valence-corrected chi connectivity index (χ4v) is 9.63. The summed E-state index contributed by atoms with van der Waals surface area (Å²) in [7, 11) is -7.05. The normalized spacial score (nSPS) is 14.2. The van der Waals surface area contributed by atoms with Crippen molar-refractivity contribution >= 4 is 37.3 Å². The second kappa shape index (κ2) is 38.4. The minimum Gasteiger partial charge on any atom is -0.462 e. The maximum Gasteiger partial charge on any atom is 0.397 e. The quantitative estimate of drug-likeness (QED) is 0.0248. The minimum atomic E-state index is -5.24. The van der Waals surface area contributed by atoms with Crippen molar-refractivity contribution in [2.45, 2.75) is 250 Å². The molecule has 3 N–H and O–H groups in total. The van der Waals surface area contributed by atoms with Crippen LogP contribution in [0.3, 0.4) is 0 Å². The second-order valence-corrected chi connectivity index (χ2v) is 24.1. The Balaban J connectivity index is 2.20. The summed E-state index contributed by atoms with van der Waals surface area (Å²) < 4.78 is 63.8. The van der Waals surface area contributed by atoms with E-state index in [0.717, 1.165) is 103 Å². The number of aryl methyl sites for hydroxylation is 2. The molecule has 2 rings (SSSR count). The van der Waals surface area contributed by atoms with Crippen molar-refractivity contribution in [3.63, 3.8) is 0 Å². The summed E-state index contributed by atoms with van der Waals surface area (Å²) in [6.07, 6.45) is 17.7. The van der Waals surface area contributed by atoms with Crippen LogP contribution in [0.1, 0.15) is 199 Å². The Morgan fingerprint density at radius 1 is 0.620 bits per heavy atom. The van der Waals surface area contributed by atoms with Crippen LogP contribution in [0.15, 0.2) is 60.7 Å². The molecule has 0 aromatic heterocycles. The summed E-state index contributed by atoms with van der Waals surface area (Å²) in [6.45, 7) is 10.6. The van der Waals surface area contributed by atoms with Gasteiger partial charge in [-0.1, -0.05) is 170 Å². The van der Waals surface area contributed by atoms with E-state index in [4.69, 9.17) is 22.8 Å². The number of nitrogens with one attached hydrogen (secondary N) is 1. The highest BCUT2D eigenvalue weighted by Crippen LogP contribution is 2.23. The molecule has 1 amide bonds. The average molecular weight is 1030 g/mol. The van der Waals surface area contributed by atoms with Crippen molar-refractivity contribution in [3.05, 3.63) is 71.8 Å². The molecule has 0 aliphatic heterocycles. The predicted octanol–water partition coefficient (Wildman–Crippen LogP) is 11.9. The Labute approximate surface area is 431 Å². The summed E-state index contributed by atoms with van der Waals surface area (Å²) in [6, 6.07) is 19.6. The molecular weight excluding hydrogens is 939 g/mol. The molecule has 1 unspecified atom stereocenters. The molecule has 406 valence electrons. The molecule has 15 heteroatoms. The van der Waals surface area contributed by atoms with Crippen LogP contribution in [0.5, 0.6) is 0 Å². The van der Waals surface area contributed by atoms with Gasteiger partial charge in [-0.3, -0.25) is 18.9 Å². The van der Waals surface area contributed by atoms with Crippen LogP contribution in [0.25, 0.3) is 0 Å². The number of hydrogen-bond donors (Lipinski definition) is 3. The lowest BCUT2D eigenvalue weighted by atomic mass is 10.00. The number of hydrogen-bond acceptors (Lipinski definition) is 11. The third-order valence-corrected chi connectivity index (χ3v) is 13.8. The van der Waals surface area contributed by atoms with Gasteiger partial charge in [0, 0.05) is 12.8 Å². The largest absolute Gasteiger partial charge is 0.462 e. The number of amides is 1. The van der Waals surface area contributed by atoms with Gasteiger partial charge in [-0.25, -0.2) is 4.18 Å². The third-order valence-electron chi connectivity index (χ3n) is 12.5. The number of benzene rings is 2. The molecular formula is C56H95NO12SSi. The van der Waals surface area contributed by atoms with E-state index in [1.807, 2.05) is 37.4 Å². The molecule has 2 aromatic rings. The molecule has 2 aromatic carbocycles. The Kier molecular flexibility index (Phi) is 34.6. The molecule has 0 aliphatic rings. The Hall–Kier alpha value is -3.18. The van der Waals surface area contributed by atoms with Crippen LogP contribution >= 0.6 is 0 Å². The van der Waals surface area contributed by atoms with E-state index in [2.05, 4.69) is 48.6 Å². The van der Waals surface area contributed by atoms with E-state index < -0.39 is 74.0 Å². The maximum absolute atomic E-state index is 14.2. The first-order valence-electron chi connectivity index (χ1n) is 27.3. The number of carbonyl (C=O) groups excluding carboxylic acids is 3. The van der Waals surface area contributed by atoms with Crippen molar-refractivity contribution in [2.75, 3.05) is 13.2 Å². The van der Waals surface area contributed by atoms with E-state index in [-0.39, 0.29) is 31.8 Å². The van der Waals surface area contributed by atoms with Gasteiger partial charge in [-0.15, -0.1) is 0 Å². The van der Waals surface area contributed by atoms with Gasteiger partial charge in [0.25, 0.3) is 0 Å². The summed E-state index contributed by atoms with van der Waals surface area (Å²) in [5.74, 6) is -1.61. The summed E-state index contributed by atoms with van der Waals surface area (Å²) in [4.78, 5) is 41.1. The van der Waals surface area contributed by atoms with Crippen LogP contribution in [-0.2, 0) is 60.4 Å². The van der Waals surface area contributed by atoms with E-state index >= 15 is 0 Å². The average Bonchev–Trinajstić information content (AvgIpc) is 3.31. The predicted molar refractivity (Wildman–Crippen MR) is 286 cm³/mol. The van der Waals surface area contributed by atoms with Crippen molar-refractivity contribution in [2.24, 2.45) is 0 Å². The third kappa shape index (κ3) is 34.8. The van der Waals surface area contributed by atoms with Gasteiger partial charge in [0.15, 0.2) is 15.1 Å². The SMILES string of the molecule is CCCCCCCCCCCC(CC(=O)N[C@@H](CO[SiH](C)C)[C@@H](OC(=O)CCCCCCCCc1ccccc1)[C@H](OS(=O)(=O)O)[C@H](O)COC(C)(C)C)OC(=O)CCCCCCCCc1ccccc1. The zero-order valence-electron chi connectivity index (χ0n) is 44.6. The highest BCUT2D eigenvalue weighted by Gasteiger charge is 2.42. The number of aliphatic hydroxyl groups excluding tert-OH is 1. The molecule has 0 aliphatic carbocycles. The number of aliphatic hydroxyl groups is 1. The van der Waals surface area contributed by atoms with E-state index in [9.17, 15) is 32.5 Å².